The lowest BCUT2D eigenvalue weighted by molar-refractivity contribution is -0.0350. The minimum absolute atomic E-state index is 0.0841. The molecule has 8 aromatic rings. The number of ether oxygens (including phenoxy) is 2. The molecule has 0 aliphatic rings. The predicted molar refractivity (Wildman–Crippen MR) is 454 cm³/mol. The maximum Gasteiger partial charge on any atom is 0.271 e. The van der Waals surface area contributed by atoms with Crippen molar-refractivity contribution in [3.05, 3.63) is 267 Å². The number of rotatable bonds is 26. The maximum absolute atomic E-state index is 13.3. The number of alkyl halides is 3. The van der Waals surface area contributed by atoms with Crippen LogP contribution in [0.5, 0.6) is 0 Å². The van der Waals surface area contributed by atoms with Crippen LogP contribution in [0.25, 0.3) is 0 Å². The van der Waals surface area contributed by atoms with Crippen LogP contribution < -0.4 is 0 Å². The highest BCUT2D eigenvalue weighted by Crippen LogP contribution is 2.37. The summed E-state index contributed by atoms with van der Waals surface area (Å²) in [5.74, 6) is 7.12. The zero-order chi connectivity index (χ0) is 80.2. The van der Waals surface area contributed by atoms with Gasteiger partial charge in [0.1, 0.15) is 5.82 Å². The van der Waals surface area contributed by atoms with Crippen molar-refractivity contribution in [3.8, 4) is 0 Å². The molecular formula is C95H140ClF4N3O2S. The third-order valence-electron chi connectivity index (χ3n) is 20.0. The van der Waals surface area contributed by atoms with Crippen molar-refractivity contribution in [2.75, 3.05) is 32.3 Å². The molecule has 9 atom stereocenters. The highest BCUT2D eigenvalue weighted by atomic mass is 35.5. The normalized spacial score (nSPS) is 13.7. The third-order valence-corrected chi connectivity index (χ3v) is 21.1. The van der Waals surface area contributed by atoms with Crippen LogP contribution in [0.3, 0.4) is 0 Å². The van der Waals surface area contributed by atoms with Gasteiger partial charge in [0.25, 0.3) is 5.92 Å². The minimum atomic E-state index is -2.89. The van der Waals surface area contributed by atoms with Gasteiger partial charge in [-0.2, -0.15) is 11.8 Å². The van der Waals surface area contributed by atoms with E-state index in [0.717, 1.165) is 35.6 Å². The van der Waals surface area contributed by atoms with E-state index in [2.05, 4.69) is 270 Å². The number of methoxy groups -OCH3 is 1. The van der Waals surface area contributed by atoms with Crippen molar-refractivity contribution in [1.82, 2.24) is 15.0 Å². The third kappa shape index (κ3) is 38.8. The minimum Gasteiger partial charge on any atom is -0.384 e. The number of thioether (sulfide) groups is 1. The van der Waals surface area contributed by atoms with E-state index in [-0.39, 0.29) is 28.2 Å². The number of nitrogens with zero attached hydrogens (tertiary/aromatic N) is 3. The van der Waals surface area contributed by atoms with Gasteiger partial charge < -0.3 is 9.47 Å². The second kappa shape index (κ2) is 53.6. The average molecular weight is 1500 g/mol. The van der Waals surface area contributed by atoms with Crippen LogP contribution in [0.1, 0.15) is 281 Å². The second-order valence-electron chi connectivity index (χ2n) is 31.1. The molecule has 0 aliphatic carbocycles. The smallest absolute Gasteiger partial charge is 0.271 e. The van der Waals surface area contributed by atoms with Crippen LogP contribution in [0.2, 0.25) is 5.02 Å². The monoisotopic (exact) mass is 1500 g/mol. The van der Waals surface area contributed by atoms with Crippen molar-refractivity contribution in [2.45, 2.75) is 246 Å². The van der Waals surface area contributed by atoms with Crippen LogP contribution in [0.15, 0.2) is 195 Å². The van der Waals surface area contributed by atoms with E-state index in [0.29, 0.717) is 84.2 Å². The first-order valence-electron chi connectivity index (χ1n) is 39.0. The summed E-state index contributed by atoms with van der Waals surface area (Å²) < 4.78 is 62.1. The molecule has 3 heterocycles. The number of hydrogen-bond acceptors (Lipinski definition) is 6. The zero-order valence-corrected chi connectivity index (χ0v) is 71.9. The fourth-order valence-corrected chi connectivity index (χ4v) is 13.1. The van der Waals surface area contributed by atoms with Crippen LogP contribution in [0.4, 0.5) is 17.6 Å². The molecule has 5 nitrogen and oxygen atoms in total. The number of benzene rings is 5. The van der Waals surface area contributed by atoms with Gasteiger partial charge in [-0.05, 0) is 199 Å². The fourth-order valence-electron chi connectivity index (χ4n) is 11.9. The Labute approximate surface area is 653 Å². The summed E-state index contributed by atoms with van der Waals surface area (Å²) in [6.07, 6.45) is 9.08. The van der Waals surface area contributed by atoms with Gasteiger partial charge in [0, 0.05) is 89.7 Å². The second-order valence-corrected chi connectivity index (χ2v) is 32.4. The Hall–Kier alpha value is -6.17. The van der Waals surface area contributed by atoms with Gasteiger partial charge in [-0.1, -0.05) is 284 Å². The number of halogens is 5. The molecule has 3 aromatic heterocycles. The van der Waals surface area contributed by atoms with Crippen molar-refractivity contribution in [2.24, 2.45) is 47.3 Å². The van der Waals surface area contributed by atoms with Gasteiger partial charge in [-0.25, -0.2) is 17.6 Å². The molecule has 0 aliphatic heterocycles. The first-order chi connectivity index (χ1) is 50.0. The fraction of sp³-hybridized carbons (Fsp3) is 0.526. The summed E-state index contributed by atoms with van der Waals surface area (Å²) in [6, 6.07) is 57.9. The van der Waals surface area contributed by atoms with Crippen molar-refractivity contribution >= 4 is 23.4 Å². The van der Waals surface area contributed by atoms with E-state index in [9.17, 15) is 17.6 Å². The van der Waals surface area contributed by atoms with E-state index in [4.69, 9.17) is 21.1 Å². The van der Waals surface area contributed by atoms with E-state index in [1.54, 1.807) is 13.2 Å². The Morgan fingerprint density at radius 3 is 1.16 bits per heavy atom. The first kappa shape index (κ1) is 97.8. The number of pyridine rings is 3. The summed E-state index contributed by atoms with van der Waals surface area (Å²) in [5.41, 5.74) is 12.4. The molecule has 0 spiro atoms. The Kier molecular flexibility index (Phi) is 49.5. The van der Waals surface area contributed by atoms with Gasteiger partial charge in [-0.3, -0.25) is 15.0 Å². The van der Waals surface area contributed by atoms with Gasteiger partial charge in [0.2, 0.25) is 0 Å². The first-order valence-corrected chi connectivity index (χ1v) is 40.8. The van der Waals surface area contributed by atoms with Crippen LogP contribution in [-0.2, 0) is 15.4 Å². The van der Waals surface area contributed by atoms with Crippen molar-refractivity contribution in [3.63, 3.8) is 0 Å². The standard InChI is InChI=1S/C13H17ClF2.C13H19FO.C12H17FO.C12H18S.C12H18.3C11H17N/c1-8(2)9(3)10-5-6-12(14)11(7-10)13(4,15)16;1-10(2)13(9-15-11(3)14)12-7-5-4-6-8-12;1-9(2)12(8-14-3)10-4-6-11(13)7-5-10;1-10(2)12(9-13-3)11-7-5-4-6-8-11;1-9(2)11(4)12-7-5-10(3)6-8-12;1-8(2)10(4)11-6-5-9(3)12-7-11;2*1-4-10(9(2)3)11-7-5-6-8-12-11/h5-9H,1-4H3;4-8,10-11,13H,9H2,1-3H3;4-7,9,12H,8H2,1-3H3;4-8,10,12H,9H2,1-3H3;5-9,11H,1-4H3;5-8,10H,1-4H3;2*5-10H,4H2,1-3H3/t9-;11?,13-;2*12-;11-;3*10-/m00000010/s1. The summed E-state index contributed by atoms with van der Waals surface area (Å²) in [7, 11) is 1.69. The van der Waals surface area contributed by atoms with E-state index in [1.165, 1.54) is 82.9 Å². The Balaban J connectivity index is 0.000000607. The average Bonchev–Trinajstić information content (AvgIpc) is 0.815. The summed E-state index contributed by atoms with van der Waals surface area (Å²) >= 11 is 7.72. The van der Waals surface area contributed by atoms with E-state index < -0.39 is 12.3 Å². The van der Waals surface area contributed by atoms with Gasteiger partial charge in [-0.15, -0.1) is 0 Å². The van der Waals surface area contributed by atoms with E-state index in [1.807, 2.05) is 92.7 Å². The quantitative estimate of drug-likeness (QED) is 0.0504. The topological polar surface area (TPSA) is 57.1 Å². The summed E-state index contributed by atoms with van der Waals surface area (Å²) in [4.78, 5) is 13.0. The molecule has 588 valence electrons. The highest BCUT2D eigenvalue weighted by molar-refractivity contribution is 7.98. The van der Waals surface area contributed by atoms with E-state index >= 15 is 0 Å². The molecule has 0 N–H and O–H groups in total. The van der Waals surface area contributed by atoms with Crippen LogP contribution in [0, 0.1) is 67.0 Å². The molecule has 0 bridgehead atoms. The number of aryl methyl sites for hydroxylation is 2. The Morgan fingerprint density at radius 2 is 0.802 bits per heavy atom. The molecule has 0 saturated heterocycles. The lowest BCUT2D eigenvalue weighted by Gasteiger charge is -2.21. The van der Waals surface area contributed by atoms with Crippen LogP contribution in [-0.4, -0.2) is 53.6 Å². The van der Waals surface area contributed by atoms with Gasteiger partial charge in [0.15, 0.2) is 6.36 Å². The molecule has 0 radical (unpaired) electrons. The highest BCUT2D eigenvalue weighted by Gasteiger charge is 2.29. The lowest BCUT2D eigenvalue weighted by atomic mass is 9.89. The number of hydrogen-bond donors (Lipinski definition) is 0. The molecule has 5 aromatic carbocycles. The van der Waals surface area contributed by atoms with Crippen molar-refractivity contribution < 1.29 is 27.0 Å². The SMILES string of the molecule is CC(C)[C@H](C)c1ccc(Cl)c(C(C)(F)F)c1.CC(F)OC[C@H](c1ccccc1)C(C)C.CC[C@@H](c1ccccn1)C(C)C.CC[C@H](c1ccccn1)C(C)C.COC[C@H](c1ccc(F)cc1)C(C)C.CSC[C@H](c1ccccc1)C(C)C.Cc1ccc([C@@H](C)C(C)C)cc1.Cc1ccc([C@@H](C)C(C)C)cn1. The van der Waals surface area contributed by atoms with Gasteiger partial charge >= 0.3 is 0 Å². The molecule has 11 heteroatoms. The molecule has 0 fully saturated rings. The van der Waals surface area contributed by atoms with Gasteiger partial charge in [0.05, 0.1) is 13.2 Å². The van der Waals surface area contributed by atoms with Crippen molar-refractivity contribution in [1.29, 1.82) is 0 Å². The maximum atomic E-state index is 13.3. The lowest BCUT2D eigenvalue weighted by Crippen LogP contribution is -2.16. The molecule has 0 amide bonds. The molecule has 1 unspecified atom stereocenters. The Bertz CT molecular complexity index is 3320. The Morgan fingerprint density at radius 1 is 0.425 bits per heavy atom. The zero-order valence-electron chi connectivity index (χ0n) is 70.3. The summed E-state index contributed by atoms with van der Waals surface area (Å²) in [5, 5.41) is 0.132. The molecule has 8 rings (SSSR count). The van der Waals surface area contributed by atoms with Crippen LogP contribution >= 0.6 is 23.4 Å². The predicted octanol–water partition coefficient (Wildman–Crippen LogP) is 29.3. The molecular weight excluding hydrogens is 1360 g/mol. The molecule has 0 saturated carbocycles. The molecule has 106 heavy (non-hydrogen) atoms. The number of aromatic nitrogens is 3. The largest absolute Gasteiger partial charge is 0.384 e. The summed E-state index contributed by atoms with van der Waals surface area (Å²) in [6.45, 7) is 53.9.